The first kappa shape index (κ1) is 18.0. The topological polar surface area (TPSA) is 59.8 Å². The molecule has 26 heavy (non-hydrogen) atoms. The normalized spacial score (nSPS) is 11.5. The molecule has 1 amide bonds. The van der Waals surface area contributed by atoms with Crippen molar-refractivity contribution in [3.8, 4) is 0 Å². The predicted octanol–water partition coefficient (Wildman–Crippen LogP) is 4.67. The lowest BCUT2D eigenvalue weighted by atomic mass is 10.0. The molecule has 1 N–H and O–H groups in total. The maximum Gasteiger partial charge on any atom is 0.256 e. The lowest BCUT2D eigenvalue weighted by molar-refractivity contribution is 0.102. The Bertz CT molecular complexity index is 979. The van der Waals surface area contributed by atoms with Gasteiger partial charge < -0.3 is 5.32 Å². The molecule has 0 saturated carbocycles. The number of anilines is 1. The molecule has 0 radical (unpaired) electrons. The van der Waals surface area contributed by atoms with Gasteiger partial charge in [0.25, 0.3) is 5.91 Å². The SMILES string of the molecule is CC(C)c1cc(C(=O)Nc2ccc(F)c(F)c2)c2cnn(C(C)C)c2n1. The van der Waals surface area contributed by atoms with Crippen molar-refractivity contribution in [1.82, 2.24) is 14.8 Å². The van der Waals surface area contributed by atoms with Crippen LogP contribution in [0.1, 0.15) is 55.7 Å². The summed E-state index contributed by atoms with van der Waals surface area (Å²) in [4.78, 5) is 17.4. The first-order valence-electron chi connectivity index (χ1n) is 8.42. The fourth-order valence-electron chi connectivity index (χ4n) is 2.67. The van der Waals surface area contributed by atoms with Crippen molar-refractivity contribution in [2.75, 3.05) is 5.32 Å². The number of rotatable bonds is 4. The predicted molar refractivity (Wildman–Crippen MR) is 96.3 cm³/mol. The summed E-state index contributed by atoms with van der Waals surface area (Å²) in [6.45, 7) is 7.94. The molecule has 2 heterocycles. The van der Waals surface area contributed by atoms with Crippen molar-refractivity contribution in [2.24, 2.45) is 0 Å². The summed E-state index contributed by atoms with van der Waals surface area (Å²) in [5.74, 6) is -2.29. The van der Waals surface area contributed by atoms with Crippen LogP contribution in [0.15, 0.2) is 30.5 Å². The van der Waals surface area contributed by atoms with Crippen molar-refractivity contribution < 1.29 is 13.6 Å². The highest BCUT2D eigenvalue weighted by Crippen LogP contribution is 2.25. The highest BCUT2D eigenvalue weighted by molar-refractivity contribution is 6.12. The molecular formula is C19H20F2N4O. The molecule has 0 atom stereocenters. The molecule has 0 fully saturated rings. The molecule has 3 aromatic rings. The molecule has 0 aliphatic rings. The van der Waals surface area contributed by atoms with Gasteiger partial charge in [0.1, 0.15) is 0 Å². The Kier molecular flexibility index (Phi) is 4.71. The fraction of sp³-hybridized carbons (Fsp3) is 0.316. The van der Waals surface area contributed by atoms with E-state index in [4.69, 9.17) is 0 Å². The smallest absolute Gasteiger partial charge is 0.256 e. The number of aromatic nitrogens is 3. The molecule has 0 aliphatic heterocycles. The molecule has 0 unspecified atom stereocenters. The minimum absolute atomic E-state index is 0.0875. The first-order chi connectivity index (χ1) is 12.3. The molecule has 0 spiro atoms. The van der Waals surface area contributed by atoms with Gasteiger partial charge in [-0.2, -0.15) is 5.10 Å². The lowest BCUT2D eigenvalue weighted by Gasteiger charge is -2.12. The summed E-state index contributed by atoms with van der Waals surface area (Å²) in [7, 11) is 0. The third kappa shape index (κ3) is 3.29. The van der Waals surface area contributed by atoms with Gasteiger partial charge in [-0.05, 0) is 38.0 Å². The van der Waals surface area contributed by atoms with Crippen LogP contribution < -0.4 is 5.32 Å². The van der Waals surface area contributed by atoms with Gasteiger partial charge >= 0.3 is 0 Å². The average molecular weight is 358 g/mol. The number of benzene rings is 1. The Morgan fingerprint density at radius 1 is 1.12 bits per heavy atom. The molecule has 2 aromatic heterocycles. The standard InChI is InChI=1S/C19H20F2N4O/c1-10(2)17-8-13(14-9-22-25(11(3)4)18(14)24-17)19(26)23-12-5-6-15(20)16(21)7-12/h5-11H,1-4H3,(H,23,26). The largest absolute Gasteiger partial charge is 0.322 e. The van der Waals surface area contributed by atoms with Crippen LogP contribution in [0.5, 0.6) is 0 Å². The van der Waals surface area contributed by atoms with E-state index < -0.39 is 17.5 Å². The van der Waals surface area contributed by atoms with E-state index in [2.05, 4.69) is 15.4 Å². The molecule has 5 nitrogen and oxygen atoms in total. The van der Waals surface area contributed by atoms with Crippen LogP contribution in [0, 0.1) is 11.6 Å². The quantitative estimate of drug-likeness (QED) is 0.737. The number of hydrogen-bond donors (Lipinski definition) is 1. The van der Waals surface area contributed by atoms with Crippen molar-refractivity contribution in [2.45, 2.75) is 39.7 Å². The Labute approximate surface area is 150 Å². The molecule has 1 aromatic carbocycles. The minimum Gasteiger partial charge on any atom is -0.322 e. The van der Waals surface area contributed by atoms with Gasteiger partial charge in [-0.1, -0.05) is 13.8 Å². The Balaban J connectivity index is 2.07. The highest BCUT2D eigenvalue weighted by Gasteiger charge is 2.19. The number of carbonyl (C=O) groups is 1. The van der Waals surface area contributed by atoms with E-state index in [0.717, 1.165) is 17.8 Å². The van der Waals surface area contributed by atoms with Crippen molar-refractivity contribution in [3.63, 3.8) is 0 Å². The van der Waals surface area contributed by atoms with Crippen molar-refractivity contribution in [1.29, 1.82) is 0 Å². The minimum atomic E-state index is -1.02. The maximum atomic E-state index is 13.4. The number of nitrogens with zero attached hydrogens (tertiary/aromatic N) is 3. The molecule has 3 rings (SSSR count). The van der Waals surface area contributed by atoms with Crippen LogP contribution in [-0.2, 0) is 0 Å². The van der Waals surface area contributed by atoms with E-state index in [9.17, 15) is 13.6 Å². The number of fused-ring (bicyclic) bond motifs is 1. The van der Waals surface area contributed by atoms with E-state index in [1.807, 2.05) is 27.7 Å². The molecule has 0 bridgehead atoms. The number of amides is 1. The number of carbonyl (C=O) groups excluding carboxylic acids is 1. The monoisotopic (exact) mass is 358 g/mol. The lowest BCUT2D eigenvalue weighted by Crippen LogP contribution is -2.14. The van der Waals surface area contributed by atoms with Crippen molar-refractivity contribution in [3.05, 3.63) is 53.4 Å². The van der Waals surface area contributed by atoms with E-state index in [1.165, 1.54) is 6.07 Å². The van der Waals surface area contributed by atoms with Gasteiger partial charge in [0.05, 0.1) is 17.1 Å². The van der Waals surface area contributed by atoms with E-state index in [-0.39, 0.29) is 17.6 Å². The molecule has 136 valence electrons. The van der Waals surface area contributed by atoms with E-state index in [1.54, 1.807) is 16.9 Å². The van der Waals surface area contributed by atoms with Crippen LogP contribution in [0.4, 0.5) is 14.5 Å². The Morgan fingerprint density at radius 2 is 1.85 bits per heavy atom. The molecule has 7 heteroatoms. The zero-order chi connectivity index (χ0) is 19.0. The van der Waals surface area contributed by atoms with Crippen LogP contribution in [0.2, 0.25) is 0 Å². The molecule has 0 saturated heterocycles. The summed E-state index contributed by atoms with van der Waals surface area (Å²) in [5, 5.41) is 7.56. The van der Waals surface area contributed by atoms with Crippen LogP contribution >= 0.6 is 0 Å². The summed E-state index contributed by atoms with van der Waals surface area (Å²) < 4.78 is 28.2. The summed E-state index contributed by atoms with van der Waals surface area (Å²) in [6, 6.07) is 5.05. The third-order valence-electron chi connectivity index (χ3n) is 4.09. The second-order valence-corrected chi connectivity index (χ2v) is 6.75. The number of halogens is 2. The molecule has 0 aliphatic carbocycles. The summed E-state index contributed by atoms with van der Waals surface area (Å²) in [5.41, 5.74) is 1.97. The van der Waals surface area contributed by atoms with Gasteiger partial charge in [-0.3, -0.25) is 4.79 Å². The van der Waals surface area contributed by atoms with E-state index >= 15 is 0 Å². The van der Waals surface area contributed by atoms with Gasteiger partial charge in [0.15, 0.2) is 17.3 Å². The third-order valence-corrected chi connectivity index (χ3v) is 4.09. The summed E-state index contributed by atoms with van der Waals surface area (Å²) in [6.07, 6.45) is 1.60. The zero-order valence-corrected chi connectivity index (χ0v) is 15.0. The fourth-order valence-corrected chi connectivity index (χ4v) is 2.67. The Hall–Kier alpha value is -2.83. The number of pyridine rings is 1. The van der Waals surface area contributed by atoms with Crippen LogP contribution in [0.25, 0.3) is 11.0 Å². The first-order valence-corrected chi connectivity index (χ1v) is 8.42. The maximum absolute atomic E-state index is 13.4. The summed E-state index contributed by atoms with van der Waals surface area (Å²) >= 11 is 0. The van der Waals surface area contributed by atoms with Crippen LogP contribution in [-0.4, -0.2) is 20.7 Å². The van der Waals surface area contributed by atoms with E-state index in [0.29, 0.717) is 16.6 Å². The number of nitrogens with one attached hydrogen (secondary N) is 1. The second kappa shape index (κ2) is 6.82. The van der Waals surface area contributed by atoms with Crippen LogP contribution in [0.3, 0.4) is 0 Å². The highest BCUT2D eigenvalue weighted by atomic mass is 19.2. The number of hydrogen-bond acceptors (Lipinski definition) is 3. The average Bonchev–Trinajstić information content (AvgIpc) is 3.01. The van der Waals surface area contributed by atoms with Crippen molar-refractivity contribution >= 4 is 22.6 Å². The van der Waals surface area contributed by atoms with Gasteiger partial charge in [-0.25, -0.2) is 18.4 Å². The Morgan fingerprint density at radius 3 is 2.46 bits per heavy atom. The van der Waals surface area contributed by atoms with Gasteiger partial charge in [0, 0.05) is 23.5 Å². The molecular weight excluding hydrogens is 338 g/mol. The van der Waals surface area contributed by atoms with Gasteiger partial charge in [-0.15, -0.1) is 0 Å². The second-order valence-electron chi connectivity index (χ2n) is 6.75. The van der Waals surface area contributed by atoms with Gasteiger partial charge in [0.2, 0.25) is 0 Å². The zero-order valence-electron chi connectivity index (χ0n) is 15.0.